The van der Waals surface area contributed by atoms with Gasteiger partial charge in [0.2, 0.25) is 0 Å². The highest BCUT2D eigenvalue weighted by atomic mass is 19.1. The molecule has 1 aliphatic carbocycles. The number of rotatable bonds is 12. The second-order valence-corrected chi connectivity index (χ2v) is 9.33. The van der Waals surface area contributed by atoms with Crippen LogP contribution in [0.25, 0.3) is 11.1 Å². The predicted molar refractivity (Wildman–Crippen MR) is 130 cm³/mol. The average Bonchev–Trinajstić information content (AvgIpc) is 2.81. The van der Waals surface area contributed by atoms with Crippen LogP contribution < -0.4 is 4.74 Å². The summed E-state index contributed by atoms with van der Waals surface area (Å²) in [7, 11) is 0. The molecule has 0 N–H and O–H groups in total. The van der Waals surface area contributed by atoms with Gasteiger partial charge in [0.15, 0.2) is 0 Å². The molecule has 31 heavy (non-hydrogen) atoms. The lowest BCUT2D eigenvalue weighted by molar-refractivity contribution is 0.280. The molecule has 0 radical (unpaired) electrons. The summed E-state index contributed by atoms with van der Waals surface area (Å²) in [5, 5.41) is 0. The van der Waals surface area contributed by atoms with Crippen LogP contribution >= 0.6 is 0 Å². The van der Waals surface area contributed by atoms with Gasteiger partial charge in [-0.25, -0.2) is 4.39 Å². The number of unbranched alkanes of at least 4 members (excludes halogenated alkanes) is 5. The van der Waals surface area contributed by atoms with Crippen molar-refractivity contribution in [3.05, 3.63) is 53.8 Å². The summed E-state index contributed by atoms with van der Waals surface area (Å²) in [6.07, 6.45) is 15.1. The summed E-state index contributed by atoms with van der Waals surface area (Å²) < 4.78 is 21.3. The topological polar surface area (TPSA) is 9.23 Å². The molecular formula is C29H41FO. The summed E-state index contributed by atoms with van der Waals surface area (Å²) in [4.78, 5) is 0. The molecule has 1 aliphatic rings. The normalized spacial score (nSPS) is 18.8. The second kappa shape index (κ2) is 12.9. The highest BCUT2D eigenvalue weighted by Gasteiger charge is 2.28. The predicted octanol–water partition coefficient (Wildman–Crippen LogP) is 9.31. The lowest BCUT2D eigenvalue weighted by Gasteiger charge is -2.31. The lowest BCUT2D eigenvalue weighted by Crippen LogP contribution is -2.16. The van der Waals surface area contributed by atoms with Crippen LogP contribution in [0.1, 0.15) is 102 Å². The fourth-order valence-corrected chi connectivity index (χ4v) is 5.11. The van der Waals surface area contributed by atoms with E-state index >= 15 is 4.39 Å². The van der Waals surface area contributed by atoms with Crippen molar-refractivity contribution >= 4 is 0 Å². The standard InChI is InChI=1S/C29H41FO/c1-3-5-6-7-8-10-13-23-16-18-25(19-17-23)28-27(30)21-20-26(29(28)31-22-4-2)24-14-11-9-12-15-24/h9,11-12,14-15,20-21,23,25H,3-8,10,13,16-19,22H2,1-2H3. The molecule has 1 fully saturated rings. The minimum absolute atomic E-state index is 0.0924. The number of halogens is 1. The molecule has 1 nitrogen and oxygen atoms in total. The van der Waals surface area contributed by atoms with E-state index in [2.05, 4.69) is 26.0 Å². The van der Waals surface area contributed by atoms with Crippen LogP contribution in [-0.4, -0.2) is 6.61 Å². The molecule has 0 aromatic heterocycles. The van der Waals surface area contributed by atoms with Crippen LogP contribution in [0.2, 0.25) is 0 Å². The van der Waals surface area contributed by atoms with Crippen LogP contribution in [0, 0.1) is 11.7 Å². The Kier molecular flexibility index (Phi) is 9.90. The summed E-state index contributed by atoms with van der Waals surface area (Å²) in [6.45, 7) is 5.01. The van der Waals surface area contributed by atoms with Gasteiger partial charge in [0.1, 0.15) is 11.6 Å². The molecule has 0 atom stereocenters. The van der Waals surface area contributed by atoms with Crippen molar-refractivity contribution in [2.24, 2.45) is 5.92 Å². The number of hydrogen-bond donors (Lipinski definition) is 0. The van der Waals surface area contributed by atoms with Crippen LogP contribution in [0.5, 0.6) is 5.75 Å². The van der Waals surface area contributed by atoms with Gasteiger partial charge in [0.05, 0.1) is 6.61 Å². The molecule has 170 valence electrons. The maximum Gasteiger partial charge on any atom is 0.133 e. The number of benzene rings is 2. The van der Waals surface area contributed by atoms with Gasteiger partial charge in [0.25, 0.3) is 0 Å². The molecule has 0 heterocycles. The Labute approximate surface area is 189 Å². The summed E-state index contributed by atoms with van der Waals surface area (Å²) in [5.74, 6) is 1.79. The Morgan fingerprint density at radius 2 is 1.52 bits per heavy atom. The van der Waals surface area contributed by atoms with E-state index in [4.69, 9.17) is 4.74 Å². The maximum absolute atomic E-state index is 15.1. The zero-order valence-electron chi connectivity index (χ0n) is 19.7. The third-order valence-electron chi connectivity index (χ3n) is 6.90. The van der Waals surface area contributed by atoms with Crippen LogP contribution in [0.3, 0.4) is 0 Å². The molecule has 0 spiro atoms. The summed E-state index contributed by atoms with van der Waals surface area (Å²) in [5.41, 5.74) is 2.96. The molecule has 2 heteroatoms. The first kappa shape index (κ1) is 23.8. The van der Waals surface area contributed by atoms with Gasteiger partial charge >= 0.3 is 0 Å². The first-order valence-corrected chi connectivity index (χ1v) is 12.7. The van der Waals surface area contributed by atoms with Crippen LogP contribution in [0.4, 0.5) is 4.39 Å². The Bertz CT molecular complexity index is 762. The van der Waals surface area contributed by atoms with Crippen molar-refractivity contribution in [2.45, 2.75) is 96.8 Å². The zero-order valence-corrected chi connectivity index (χ0v) is 19.7. The van der Waals surface area contributed by atoms with E-state index in [-0.39, 0.29) is 11.7 Å². The molecule has 2 aromatic carbocycles. The average molecular weight is 425 g/mol. The van der Waals surface area contributed by atoms with Crippen LogP contribution in [-0.2, 0) is 0 Å². The largest absolute Gasteiger partial charge is 0.493 e. The summed E-state index contributed by atoms with van der Waals surface area (Å²) >= 11 is 0. The van der Waals surface area contributed by atoms with Gasteiger partial charge in [0, 0.05) is 11.1 Å². The van der Waals surface area contributed by atoms with E-state index in [0.29, 0.717) is 6.61 Å². The molecule has 3 rings (SSSR count). The van der Waals surface area contributed by atoms with Crippen molar-refractivity contribution in [3.8, 4) is 16.9 Å². The summed E-state index contributed by atoms with van der Waals surface area (Å²) in [6, 6.07) is 13.8. The second-order valence-electron chi connectivity index (χ2n) is 9.33. The maximum atomic E-state index is 15.1. The van der Waals surface area contributed by atoms with Gasteiger partial charge in [-0.3, -0.25) is 0 Å². The zero-order chi connectivity index (χ0) is 21.9. The van der Waals surface area contributed by atoms with Crippen LogP contribution in [0.15, 0.2) is 42.5 Å². The first-order valence-electron chi connectivity index (χ1n) is 12.7. The van der Waals surface area contributed by atoms with Gasteiger partial charge in [-0.05, 0) is 61.6 Å². The third kappa shape index (κ3) is 6.82. The number of hydrogen-bond acceptors (Lipinski definition) is 1. The molecular weight excluding hydrogens is 383 g/mol. The van der Waals surface area contributed by atoms with E-state index in [9.17, 15) is 0 Å². The van der Waals surface area contributed by atoms with Gasteiger partial charge in [-0.1, -0.05) is 89.1 Å². The minimum atomic E-state index is -0.0924. The van der Waals surface area contributed by atoms with Crippen molar-refractivity contribution in [2.75, 3.05) is 6.61 Å². The smallest absolute Gasteiger partial charge is 0.133 e. The molecule has 0 bridgehead atoms. The van der Waals surface area contributed by atoms with Gasteiger partial charge in [-0.15, -0.1) is 0 Å². The SMILES string of the molecule is CCCCCCCCC1CCC(c2c(F)ccc(-c3ccccc3)c2OCCC)CC1. The lowest BCUT2D eigenvalue weighted by atomic mass is 9.76. The highest BCUT2D eigenvalue weighted by molar-refractivity contribution is 5.72. The van der Waals surface area contributed by atoms with E-state index < -0.39 is 0 Å². The Morgan fingerprint density at radius 1 is 0.806 bits per heavy atom. The van der Waals surface area contributed by atoms with Crippen molar-refractivity contribution in [3.63, 3.8) is 0 Å². The quantitative estimate of drug-likeness (QED) is 0.308. The van der Waals surface area contributed by atoms with Crippen molar-refractivity contribution in [1.29, 1.82) is 0 Å². The molecule has 0 aliphatic heterocycles. The highest BCUT2D eigenvalue weighted by Crippen LogP contribution is 2.45. The fourth-order valence-electron chi connectivity index (χ4n) is 5.11. The van der Waals surface area contributed by atoms with Gasteiger partial charge in [-0.2, -0.15) is 0 Å². The fraction of sp³-hybridized carbons (Fsp3) is 0.586. The van der Waals surface area contributed by atoms with E-state index in [0.717, 1.165) is 47.6 Å². The monoisotopic (exact) mass is 424 g/mol. The van der Waals surface area contributed by atoms with Crippen molar-refractivity contribution < 1.29 is 9.13 Å². The Morgan fingerprint density at radius 3 is 2.23 bits per heavy atom. The van der Waals surface area contributed by atoms with Gasteiger partial charge < -0.3 is 4.74 Å². The Hall–Kier alpha value is -1.83. The Balaban J connectivity index is 1.67. The number of ether oxygens (including phenoxy) is 1. The first-order chi connectivity index (χ1) is 15.2. The third-order valence-corrected chi connectivity index (χ3v) is 6.90. The molecule has 2 aromatic rings. The minimum Gasteiger partial charge on any atom is -0.493 e. The van der Waals surface area contributed by atoms with E-state index in [1.165, 1.54) is 57.8 Å². The van der Waals surface area contributed by atoms with E-state index in [1.54, 1.807) is 6.07 Å². The molecule has 0 saturated heterocycles. The van der Waals surface area contributed by atoms with E-state index in [1.807, 2.05) is 24.3 Å². The van der Waals surface area contributed by atoms with Crippen molar-refractivity contribution in [1.82, 2.24) is 0 Å². The molecule has 0 amide bonds. The molecule has 1 saturated carbocycles. The molecule has 0 unspecified atom stereocenters.